The smallest absolute Gasteiger partial charge is 0.0974 e. The quantitative estimate of drug-likeness (QED) is 0.505. The molecule has 184 valence electrons. The number of pyridine rings is 1. The van der Waals surface area contributed by atoms with Crippen LogP contribution in [0.2, 0.25) is 0 Å². The second-order valence-corrected chi connectivity index (χ2v) is 13.5. The molecule has 1 N–H and O–H groups in total. The van der Waals surface area contributed by atoms with Crippen LogP contribution in [-0.4, -0.2) is 27.8 Å². The summed E-state index contributed by atoms with van der Waals surface area (Å²) >= 11 is 0. The van der Waals surface area contributed by atoms with Crippen LogP contribution in [0.1, 0.15) is 90.5 Å². The van der Waals surface area contributed by atoms with E-state index in [4.69, 9.17) is 4.74 Å². The Balaban J connectivity index is 1.24. The van der Waals surface area contributed by atoms with Gasteiger partial charge in [0.05, 0.1) is 11.2 Å². The molecule has 3 heteroatoms. The first kappa shape index (κ1) is 22.2. The van der Waals surface area contributed by atoms with E-state index < -0.39 is 0 Å². The maximum absolute atomic E-state index is 7.47. The lowest BCUT2D eigenvalue weighted by Crippen LogP contribution is -2.56. The van der Waals surface area contributed by atoms with E-state index >= 15 is 0 Å². The van der Waals surface area contributed by atoms with Gasteiger partial charge in [-0.2, -0.15) is 0 Å². The molecule has 2 aliphatic heterocycles. The standard InChI is InChI=1S/C32H40N2O/c1-29(2,3)34-26-8-7-24-18-25-11-13-30(4)27(22-6-5-21-12-16-33-20-23(21)17-22)9-10-28(30)32(25)15-14-31(24,19-26)35-32/h5-6,11-12,16-18,20,26-28,34H,7-10,13-15,19H2,1-4H3/t26-,27-,28-,30-,31-,32-/m1/s1. The number of hydrogen-bond donors (Lipinski definition) is 1. The van der Waals surface area contributed by atoms with E-state index in [0.29, 0.717) is 17.9 Å². The number of ether oxygens (including phenoxy) is 1. The summed E-state index contributed by atoms with van der Waals surface area (Å²) < 4.78 is 7.47. The SMILES string of the molecule is CC(C)(C)N[C@@H]1CCC2=CC3=CC[C@]4(C)[C@@H](c5ccc6ccncc6c5)CC[C@H]4[C@@]34CC[C@]2(C1)O4. The maximum atomic E-state index is 7.47. The summed E-state index contributed by atoms with van der Waals surface area (Å²) in [5.41, 5.74) is 4.88. The third-order valence-electron chi connectivity index (χ3n) is 10.4. The van der Waals surface area contributed by atoms with Crippen LogP contribution in [0.4, 0.5) is 0 Å². The van der Waals surface area contributed by atoms with Gasteiger partial charge in [-0.3, -0.25) is 4.98 Å². The van der Waals surface area contributed by atoms with E-state index in [1.165, 1.54) is 66.9 Å². The van der Waals surface area contributed by atoms with Crippen LogP contribution in [0.15, 0.2) is 60.0 Å². The molecule has 7 rings (SSSR count). The number of fused-ring (bicyclic) bond motifs is 2. The topological polar surface area (TPSA) is 34.2 Å². The van der Waals surface area contributed by atoms with Gasteiger partial charge >= 0.3 is 0 Å². The molecule has 3 aliphatic carbocycles. The molecule has 2 bridgehead atoms. The van der Waals surface area contributed by atoms with Gasteiger partial charge in [0.2, 0.25) is 0 Å². The van der Waals surface area contributed by atoms with Gasteiger partial charge in [-0.05, 0) is 124 Å². The van der Waals surface area contributed by atoms with Crippen molar-refractivity contribution in [3.63, 3.8) is 0 Å². The lowest BCUT2D eigenvalue weighted by atomic mass is 9.58. The van der Waals surface area contributed by atoms with Crippen LogP contribution in [0, 0.1) is 11.3 Å². The predicted molar refractivity (Wildman–Crippen MR) is 142 cm³/mol. The Morgan fingerprint density at radius 2 is 1.94 bits per heavy atom. The molecule has 0 radical (unpaired) electrons. The normalized spacial score (nSPS) is 40.1. The summed E-state index contributed by atoms with van der Waals surface area (Å²) in [6.45, 7) is 9.46. The minimum Gasteiger partial charge on any atom is -0.359 e. The minimum absolute atomic E-state index is 0.0382. The molecule has 5 aliphatic rings. The fourth-order valence-electron chi connectivity index (χ4n) is 9.01. The van der Waals surface area contributed by atoms with Gasteiger partial charge in [0.15, 0.2) is 0 Å². The van der Waals surface area contributed by atoms with Crippen molar-refractivity contribution in [2.24, 2.45) is 11.3 Å². The maximum Gasteiger partial charge on any atom is 0.0974 e. The summed E-state index contributed by atoms with van der Waals surface area (Å²) in [7, 11) is 0. The van der Waals surface area contributed by atoms with Crippen LogP contribution in [0.25, 0.3) is 10.8 Å². The highest BCUT2D eigenvalue weighted by Gasteiger charge is 2.66. The zero-order chi connectivity index (χ0) is 24.1. The molecule has 1 saturated heterocycles. The predicted octanol–water partition coefficient (Wildman–Crippen LogP) is 7.23. The molecule has 3 nitrogen and oxygen atoms in total. The van der Waals surface area contributed by atoms with Gasteiger partial charge < -0.3 is 10.1 Å². The van der Waals surface area contributed by atoms with Crippen molar-refractivity contribution in [3.05, 3.63) is 65.5 Å². The van der Waals surface area contributed by atoms with Crippen molar-refractivity contribution < 1.29 is 4.74 Å². The van der Waals surface area contributed by atoms with E-state index in [9.17, 15) is 0 Å². The largest absolute Gasteiger partial charge is 0.359 e. The van der Waals surface area contributed by atoms with Gasteiger partial charge in [0.1, 0.15) is 0 Å². The fourth-order valence-corrected chi connectivity index (χ4v) is 9.01. The molecule has 0 amide bonds. The van der Waals surface area contributed by atoms with Crippen molar-refractivity contribution in [1.82, 2.24) is 10.3 Å². The van der Waals surface area contributed by atoms with Crippen molar-refractivity contribution in [3.8, 4) is 0 Å². The van der Waals surface area contributed by atoms with Crippen LogP contribution in [0.3, 0.4) is 0 Å². The molecule has 6 atom stereocenters. The Hall–Kier alpha value is -1.97. The first-order chi connectivity index (χ1) is 16.7. The molecule has 1 aromatic carbocycles. The molecule has 3 heterocycles. The summed E-state index contributed by atoms with van der Waals surface area (Å²) in [5.74, 6) is 1.18. The van der Waals surface area contributed by atoms with Crippen LogP contribution < -0.4 is 5.32 Å². The Bertz CT molecular complexity index is 1250. The summed E-state index contributed by atoms with van der Waals surface area (Å²) in [6.07, 6.45) is 18.7. The highest BCUT2D eigenvalue weighted by atomic mass is 16.5. The highest BCUT2D eigenvalue weighted by Crippen LogP contribution is 2.69. The van der Waals surface area contributed by atoms with E-state index in [-0.39, 0.29) is 22.2 Å². The second kappa shape index (κ2) is 7.29. The van der Waals surface area contributed by atoms with E-state index in [1.54, 1.807) is 5.57 Å². The van der Waals surface area contributed by atoms with E-state index in [1.807, 2.05) is 12.4 Å². The summed E-state index contributed by atoms with van der Waals surface area (Å²) in [6, 6.07) is 9.77. The molecule has 35 heavy (non-hydrogen) atoms. The monoisotopic (exact) mass is 468 g/mol. The third kappa shape index (κ3) is 3.20. The van der Waals surface area contributed by atoms with Crippen molar-refractivity contribution in [1.29, 1.82) is 0 Å². The minimum atomic E-state index is -0.0761. The van der Waals surface area contributed by atoms with Gasteiger partial charge in [0, 0.05) is 29.4 Å². The number of allylic oxidation sites excluding steroid dienone is 1. The first-order valence-corrected chi connectivity index (χ1v) is 13.9. The van der Waals surface area contributed by atoms with Crippen molar-refractivity contribution in [2.45, 2.75) is 108 Å². The first-order valence-electron chi connectivity index (χ1n) is 13.9. The Labute approximate surface area is 210 Å². The van der Waals surface area contributed by atoms with Gasteiger partial charge in [-0.1, -0.05) is 31.2 Å². The Kier molecular flexibility index (Phi) is 4.64. The third-order valence-corrected chi connectivity index (χ3v) is 10.4. The summed E-state index contributed by atoms with van der Waals surface area (Å²) in [5, 5.41) is 6.46. The molecule has 2 saturated carbocycles. The number of nitrogens with zero attached hydrogens (tertiary/aromatic N) is 1. The van der Waals surface area contributed by atoms with E-state index in [0.717, 1.165) is 6.42 Å². The molecule has 2 spiro atoms. The lowest BCUT2D eigenvalue weighted by Gasteiger charge is -2.54. The lowest BCUT2D eigenvalue weighted by molar-refractivity contribution is -0.136. The van der Waals surface area contributed by atoms with Crippen LogP contribution >= 0.6 is 0 Å². The van der Waals surface area contributed by atoms with Crippen molar-refractivity contribution >= 4 is 10.8 Å². The number of rotatable bonds is 2. The number of benzene rings is 1. The molecule has 3 fully saturated rings. The van der Waals surface area contributed by atoms with Gasteiger partial charge in [0.25, 0.3) is 0 Å². The molecular weight excluding hydrogens is 428 g/mol. The van der Waals surface area contributed by atoms with Crippen LogP contribution in [0.5, 0.6) is 0 Å². The highest BCUT2D eigenvalue weighted by molar-refractivity contribution is 5.82. The van der Waals surface area contributed by atoms with Crippen molar-refractivity contribution in [2.75, 3.05) is 0 Å². The number of nitrogens with one attached hydrogen (secondary N) is 1. The van der Waals surface area contributed by atoms with Crippen LogP contribution in [-0.2, 0) is 4.74 Å². The number of aromatic nitrogens is 1. The molecule has 0 unspecified atom stereocenters. The zero-order valence-electron chi connectivity index (χ0n) is 21.9. The molecular formula is C32H40N2O. The average Bonchev–Trinajstić information content (AvgIpc) is 3.33. The van der Waals surface area contributed by atoms with E-state index in [2.05, 4.69) is 74.4 Å². The zero-order valence-corrected chi connectivity index (χ0v) is 21.9. The average molecular weight is 469 g/mol. The Morgan fingerprint density at radius 3 is 2.80 bits per heavy atom. The Morgan fingerprint density at radius 1 is 1.06 bits per heavy atom. The fraction of sp³-hybridized carbons (Fsp3) is 0.594. The molecule has 2 aromatic rings. The molecule has 1 aromatic heterocycles. The second-order valence-electron chi connectivity index (χ2n) is 13.5. The number of hydrogen-bond acceptors (Lipinski definition) is 3. The van der Waals surface area contributed by atoms with Gasteiger partial charge in [-0.25, -0.2) is 0 Å². The summed E-state index contributed by atoms with van der Waals surface area (Å²) in [4.78, 5) is 4.39. The van der Waals surface area contributed by atoms with Gasteiger partial charge in [-0.15, -0.1) is 0 Å².